The SMILES string of the molecule is COC(=O)c1ncccc1CN1CCC(NC(=O)OC(C)(C)C)CC1. The van der Waals surface area contributed by atoms with E-state index >= 15 is 0 Å². The number of carbonyl (C=O) groups is 2. The predicted molar refractivity (Wildman–Crippen MR) is 93.2 cm³/mol. The summed E-state index contributed by atoms with van der Waals surface area (Å²) in [5.41, 5.74) is 0.724. The summed E-state index contributed by atoms with van der Waals surface area (Å²) in [6.07, 6.45) is 2.90. The molecule has 1 fully saturated rings. The zero-order valence-electron chi connectivity index (χ0n) is 15.4. The van der Waals surface area contributed by atoms with Crippen LogP contribution < -0.4 is 5.32 Å². The molecule has 0 spiro atoms. The van der Waals surface area contributed by atoms with Gasteiger partial charge in [-0.25, -0.2) is 14.6 Å². The topological polar surface area (TPSA) is 80.8 Å². The number of aromatic nitrogens is 1. The highest BCUT2D eigenvalue weighted by Gasteiger charge is 2.24. The number of methoxy groups -OCH3 is 1. The Bertz CT molecular complexity index is 605. The minimum absolute atomic E-state index is 0.111. The second-order valence-electron chi connectivity index (χ2n) is 7.20. The van der Waals surface area contributed by atoms with Crippen LogP contribution in [0, 0.1) is 0 Å². The van der Waals surface area contributed by atoms with Gasteiger partial charge in [-0.15, -0.1) is 0 Å². The number of amides is 1. The van der Waals surface area contributed by atoms with E-state index in [9.17, 15) is 9.59 Å². The minimum atomic E-state index is -0.491. The Kier molecular flexibility index (Phi) is 6.36. The second kappa shape index (κ2) is 8.29. The highest BCUT2D eigenvalue weighted by Crippen LogP contribution is 2.17. The van der Waals surface area contributed by atoms with Crippen molar-refractivity contribution in [2.24, 2.45) is 0 Å². The minimum Gasteiger partial charge on any atom is -0.464 e. The maximum absolute atomic E-state index is 11.8. The van der Waals surface area contributed by atoms with Crippen molar-refractivity contribution in [3.63, 3.8) is 0 Å². The number of pyridine rings is 1. The summed E-state index contributed by atoms with van der Waals surface area (Å²) in [7, 11) is 1.36. The summed E-state index contributed by atoms with van der Waals surface area (Å²) in [6, 6.07) is 3.82. The largest absolute Gasteiger partial charge is 0.464 e. The number of esters is 1. The van der Waals surface area contributed by atoms with Gasteiger partial charge in [0.15, 0.2) is 5.69 Å². The molecule has 25 heavy (non-hydrogen) atoms. The van der Waals surface area contributed by atoms with Crippen molar-refractivity contribution >= 4 is 12.1 Å². The van der Waals surface area contributed by atoms with Crippen LogP contribution in [0.5, 0.6) is 0 Å². The van der Waals surface area contributed by atoms with Crippen LogP contribution >= 0.6 is 0 Å². The van der Waals surface area contributed by atoms with Gasteiger partial charge in [-0.1, -0.05) is 6.07 Å². The summed E-state index contributed by atoms with van der Waals surface area (Å²) >= 11 is 0. The molecule has 0 unspecified atom stereocenters. The summed E-state index contributed by atoms with van der Waals surface area (Å²) in [6.45, 7) is 7.84. The Morgan fingerprint density at radius 3 is 2.60 bits per heavy atom. The Balaban J connectivity index is 1.85. The summed E-state index contributed by atoms with van der Waals surface area (Å²) in [5.74, 6) is -0.419. The lowest BCUT2D eigenvalue weighted by Crippen LogP contribution is -2.45. The second-order valence-corrected chi connectivity index (χ2v) is 7.20. The zero-order chi connectivity index (χ0) is 18.4. The molecule has 0 saturated carbocycles. The van der Waals surface area contributed by atoms with E-state index < -0.39 is 11.6 Å². The average molecular weight is 349 g/mol. The Morgan fingerprint density at radius 2 is 2.00 bits per heavy atom. The van der Waals surface area contributed by atoms with E-state index in [0.717, 1.165) is 31.5 Å². The number of hydrogen-bond acceptors (Lipinski definition) is 6. The van der Waals surface area contributed by atoms with Crippen LogP contribution in [0.2, 0.25) is 0 Å². The van der Waals surface area contributed by atoms with E-state index in [1.165, 1.54) is 7.11 Å². The van der Waals surface area contributed by atoms with Gasteiger partial charge < -0.3 is 14.8 Å². The Morgan fingerprint density at radius 1 is 1.32 bits per heavy atom. The van der Waals surface area contributed by atoms with E-state index in [2.05, 4.69) is 15.2 Å². The Hall–Kier alpha value is -2.15. The maximum Gasteiger partial charge on any atom is 0.407 e. The van der Waals surface area contributed by atoms with Crippen molar-refractivity contribution < 1.29 is 19.1 Å². The lowest BCUT2D eigenvalue weighted by molar-refractivity contribution is 0.0475. The number of piperidine rings is 1. The quantitative estimate of drug-likeness (QED) is 0.841. The number of nitrogens with zero attached hydrogens (tertiary/aromatic N) is 2. The van der Waals surface area contributed by atoms with Crippen LogP contribution in [0.4, 0.5) is 4.79 Å². The lowest BCUT2D eigenvalue weighted by Gasteiger charge is -2.33. The molecule has 1 amide bonds. The lowest BCUT2D eigenvalue weighted by atomic mass is 10.0. The summed E-state index contributed by atoms with van der Waals surface area (Å²) in [5, 5.41) is 2.92. The van der Waals surface area contributed by atoms with Crippen LogP contribution in [0.25, 0.3) is 0 Å². The number of carbonyl (C=O) groups excluding carboxylic acids is 2. The molecule has 138 valence electrons. The summed E-state index contributed by atoms with van der Waals surface area (Å²) < 4.78 is 10.1. The van der Waals surface area contributed by atoms with Gasteiger partial charge in [0, 0.05) is 31.9 Å². The number of rotatable bonds is 4. The van der Waals surface area contributed by atoms with Crippen LogP contribution in [-0.4, -0.2) is 53.8 Å². The third-order valence-electron chi connectivity index (χ3n) is 3.97. The maximum atomic E-state index is 11.8. The van der Waals surface area contributed by atoms with Gasteiger partial charge in [0.1, 0.15) is 5.60 Å². The molecule has 0 atom stereocenters. The molecule has 1 aromatic rings. The zero-order valence-corrected chi connectivity index (χ0v) is 15.4. The number of ether oxygens (including phenoxy) is 2. The van der Waals surface area contributed by atoms with E-state index in [-0.39, 0.29) is 12.1 Å². The van der Waals surface area contributed by atoms with Crippen LogP contribution in [0.1, 0.15) is 49.7 Å². The molecule has 1 saturated heterocycles. The number of nitrogens with one attached hydrogen (secondary N) is 1. The van der Waals surface area contributed by atoms with Gasteiger partial charge in [0.2, 0.25) is 0 Å². The molecule has 0 aromatic carbocycles. The van der Waals surface area contributed by atoms with E-state index in [1.807, 2.05) is 32.9 Å². The molecule has 0 aliphatic carbocycles. The molecule has 7 heteroatoms. The van der Waals surface area contributed by atoms with Gasteiger partial charge in [0.25, 0.3) is 0 Å². The van der Waals surface area contributed by atoms with Gasteiger partial charge >= 0.3 is 12.1 Å². The fraction of sp³-hybridized carbons (Fsp3) is 0.611. The van der Waals surface area contributed by atoms with Gasteiger partial charge in [-0.3, -0.25) is 4.90 Å². The molecule has 0 radical (unpaired) electrons. The van der Waals surface area contributed by atoms with Crippen molar-refractivity contribution in [3.8, 4) is 0 Å². The van der Waals surface area contributed by atoms with Crippen molar-refractivity contribution in [1.29, 1.82) is 0 Å². The van der Waals surface area contributed by atoms with Crippen LogP contribution in [0.15, 0.2) is 18.3 Å². The van der Waals surface area contributed by atoms with Gasteiger partial charge in [-0.2, -0.15) is 0 Å². The Labute approximate surface area is 148 Å². The highest BCUT2D eigenvalue weighted by molar-refractivity contribution is 5.88. The molecule has 0 bridgehead atoms. The summed E-state index contributed by atoms with van der Waals surface area (Å²) in [4.78, 5) is 30.0. The highest BCUT2D eigenvalue weighted by atomic mass is 16.6. The average Bonchev–Trinajstić information content (AvgIpc) is 2.54. The number of likely N-dealkylation sites (tertiary alicyclic amines) is 1. The number of hydrogen-bond donors (Lipinski definition) is 1. The molecule has 2 heterocycles. The van der Waals surface area contributed by atoms with Gasteiger partial charge in [0.05, 0.1) is 7.11 Å². The first-order valence-corrected chi connectivity index (χ1v) is 8.52. The molecule has 1 aromatic heterocycles. The third kappa shape index (κ3) is 6.01. The first-order chi connectivity index (χ1) is 11.8. The molecule has 7 nitrogen and oxygen atoms in total. The fourth-order valence-electron chi connectivity index (χ4n) is 2.80. The van der Waals surface area contributed by atoms with Crippen LogP contribution in [-0.2, 0) is 16.0 Å². The molecular formula is C18H27N3O4. The van der Waals surface area contributed by atoms with E-state index in [0.29, 0.717) is 12.2 Å². The molecule has 1 N–H and O–H groups in total. The predicted octanol–water partition coefficient (Wildman–Crippen LogP) is 2.36. The van der Waals surface area contributed by atoms with Crippen molar-refractivity contribution in [2.75, 3.05) is 20.2 Å². The fourth-order valence-corrected chi connectivity index (χ4v) is 2.80. The molecule has 2 rings (SSSR count). The standard InChI is InChI=1S/C18H27N3O4/c1-18(2,3)25-17(23)20-14-7-10-21(11-8-14)12-13-6-5-9-19-15(13)16(22)24-4/h5-6,9,14H,7-8,10-12H2,1-4H3,(H,20,23). The van der Waals surface area contributed by atoms with E-state index in [1.54, 1.807) is 6.20 Å². The third-order valence-corrected chi connectivity index (χ3v) is 3.97. The normalized spacial score (nSPS) is 16.3. The number of alkyl carbamates (subject to hydrolysis) is 1. The first-order valence-electron chi connectivity index (χ1n) is 8.52. The van der Waals surface area contributed by atoms with Gasteiger partial charge in [-0.05, 0) is 45.2 Å². The molecule has 1 aliphatic heterocycles. The first kappa shape index (κ1) is 19.2. The monoisotopic (exact) mass is 349 g/mol. The van der Waals surface area contributed by atoms with E-state index in [4.69, 9.17) is 9.47 Å². The molecule has 1 aliphatic rings. The van der Waals surface area contributed by atoms with Crippen molar-refractivity contribution in [2.45, 2.75) is 51.8 Å². The van der Waals surface area contributed by atoms with Crippen molar-refractivity contribution in [3.05, 3.63) is 29.6 Å². The smallest absolute Gasteiger partial charge is 0.407 e. The van der Waals surface area contributed by atoms with Crippen molar-refractivity contribution in [1.82, 2.24) is 15.2 Å². The van der Waals surface area contributed by atoms with Crippen LogP contribution in [0.3, 0.4) is 0 Å². The molecular weight excluding hydrogens is 322 g/mol.